The molecule has 3 atom stereocenters. The van der Waals surface area contributed by atoms with Crippen molar-refractivity contribution in [2.45, 2.75) is 44.6 Å². The Morgan fingerprint density at radius 1 is 1.26 bits per heavy atom. The zero-order chi connectivity index (χ0) is 19.4. The van der Waals surface area contributed by atoms with E-state index in [4.69, 9.17) is 0 Å². The minimum atomic E-state index is -4.73. The number of nitrogens with zero attached hydrogens (tertiary/aromatic N) is 1. The van der Waals surface area contributed by atoms with Gasteiger partial charge in [0.15, 0.2) is 0 Å². The Kier molecular flexibility index (Phi) is 6.09. The van der Waals surface area contributed by atoms with Crippen LogP contribution in [0.15, 0.2) is 30.3 Å². The lowest BCUT2D eigenvalue weighted by molar-refractivity contribution is -0.274. The van der Waals surface area contributed by atoms with Gasteiger partial charge in [-0.25, -0.2) is 0 Å². The quantitative estimate of drug-likeness (QED) is 0.795. The van der Waals surface area contributed by atoms with E-state index in [0.717, 1.165) is 19.4 Å². The number of likely N-dealkylation sites (N-methyl/N-ethyl adjacent to an activating group) is 1. The number of hydrogen-bond donors (Lipinski definition) is 1. The number of amides is 1. The highest BCUT2D eigenvalue weighted by atomic mass is 19.4. The molecule has 148 valence electrons. The van der Waals surface area contributed by atoms with Crippen molar-refractivity contribution in [3.05, 3.63) is 35.9 Å². The van der Waals surface area contributed by atoms with E-state index >= 15 is 0 Å². The molecule has 1 aliphatic carbocycles. The third-order valence-electron chi connectivity index (χ3n) is 5.52. The lowest BCUT2D eigenvalue weighted by Crippen LogP contribution is -2.56. The van der Waals surface area contributed by atoms with Crippen LogP contribution in [-0.2, 0) is 4.79 Å². The molecule has 2 aliphatic rings. The summed E-state index contributed by atoms with van der Waals surface area (Å²) in [5.74, 6) is 0.670. The molecule has 1 aliphatic heterocycles. The molecule has 1 aromatic carbocycles. The maximum atomic E-state index is 12.6. The van der Waals surface area contributed by atoms with Crippen molar-refractivity contribution in [3.8, 4) is 5.75 Å². The van der Waals surface area contributed by atoms with Gasteiger partial charge in [-0.1, -0.05) is 31.4 Å². The molecule has 1 amide bonds. The third-order valence-corrected chi connectivity index (χ3v) is 5.52. The van der Waals surface area contributed by atoms with Crippen LogP contribution >= 0.6 is 0 Å². The Balaban J connectivity index is 1.64. The number of carbonyl (C=O) groups excluding carboxylic acids is 1. The first kappa shape index (κ1) is 19.7. The van der Waals surface area contributed by atoms with Crippen LogP contribution in [0.3, 0.4) is 0 Å². The van der Waals surface area contributed by atoms with Crippen LogP contribution in [0.1, 0.15) is 37.7 Å². The summed E-state index contributed by atoms with van der Waals surface area (Å²) in [6, 6.07) is 5.58. The first-order valence-electron chi connectivity index (χ1n) is 9.37. The molecule has 1 N–H and O–H groups in total. The van der Waals surface area contributed by atoms with Gasteiger partial charge in [-0.15, -0.1) is 13.2 Å². The van der Waals surface area contributed by atoms with E-state index < -0.39 is 6.36 Å². The molecule has 7 heteroatoms. The molecule has 0 aromatic heterocycles. The van der Waals surface area contributed by atoms with E-state index in [0.29, 0.717) is 17.4 Å². The fourth-order valence-electron chi connectivity index (χ4n) is 4.24. The Bertz CT molecular complexity index is 688. The number of halogens is 3. The van der Waals surface area contributed by atoms with Crippen LogP contribution in [0.25, 0.3) is 6.08 Å². The maximum Gasteiger partial charge on any atom is 0.573 e. The number of rotatable bonds is 4. The van der Waals surface area contributed by atoms with E-state index in [2.05, 4.69) is 10.1 Å². The van der Waals surface area contributed by atoms with E-state index in [1.54, 1.807) is 18.0 Å². The fraction of sp³-hybridized carbons (Fsp3) is 0.550. The lowest BCUT2D eigenvalue weighted by atomic mass is 9.73. The number of ether oxygens (including phenoxy) is 1. The van der Waals surface area contributed by atoms with Crippen LogP contribution < -0.4 is 10.1 Å². The van der Waals surface area contributed by atoms with Crippen LogP contribution in [0, 0.1) is 11.8 Å². The second-order valence-electron chi connectivity index (χ2n) is 7.30. The molecule has 0 spiro atoms. The smallest absolute Gasteiger partial charge is 0.406 e. The Labute approximate surface area is 157 Å². The first-order chi connectivity index (χ1) is 12.8. The van der Waals surface area contributed by atoms with Crippen molar-refractivity contribution < 1.29 is 22.7 Å². The van der Waals surface area contributed by atoms with Gasteiger partial charge in [-0.2, -0.15) is 0 Å². The summed E-state index contributed by atoms with van der Waals surface area (Å²) in [6.07, 6.45) is 4.18. The Hall–Kier alpha value is -2.02. The molecular weight excluding hydrogens is 357 g/mol. The van der Waals surface area contributed by atoms with Crippen molar-refractivity contribution in [2.75, 3.05) is 13.6 Å². The minimum absolute atomic E-state index is 0.0149. The highest BCUT2D eigenvalue weighted by molar-refractivity contribution is 5.91. The van der Waals surface area contributed by atoms with E-state index in [-0.39, 0.29) is 17.8 Å². The molecule has 4 nitrogen and oxygen atoms in total. The molecule has 1 saturated carbocycles. The summed E-state index contributed by atoms with van der Waals surface area (Å²) in [4.78, 5) is 14.3. The van der Waals surface area contributed by atoms with Crippen molar-refractivity contribution >= 4 is 12.0 Å². The normalized spacial score (nSPS) is 25.9. The summed E-state index contributed by atoms with van der Waals surface area (Å²) in [6.45, 7) is 0.907. The highest BCUT2D eigenvalue weighted by Gasteiger charge is 2.37. The van der Waals surface area contributed by atoms with Crippen LogP contribution in [0.4, 0.5) is 13.2 Å². The van der Waals surface area contributed by atoms with Crippen molar-refractivity contribution in [1.82, 2.24) is 10.2 Å². The highest BCUT2D eigenvalue weighted by Crippen LogP contribution is 2.37. The number of hydrogen-bond acceptors (Lipinski definition) is 3. The SMILES string of the molecule is CN(C(=O)C=Cc1cccc(OC(F)(F)F)c1)C1NCCC2CCCCC21. The second kappa shape index (κ2) is 8.33. The van der Waals surface area contributed by atoms with Crippen LogP contribution in [0.5, 0.6) is 5.75 Å². The van der Waals surface area contributed by atoms with Crippen molar-refractivity contribution in [1.29, 1.82) is 0 Å². The van der Waals surface area contributed by atoms with Gasteiger partial charge >= 0.3 is 6.36 Å². The summed E-state index contributed by atoms with van der Waals surface area (Å²) in [5, 5.41) is 3.46. The van der Waals surface area contributed by atoms with Gasteiger partial charge in [0.2, 0.25) is 5.91 Å². The summed E-state index contributed by atoms with van der Waals surface area (Å²) in [7, 11) is 1.78. The molecule has 0 bridgehead atoms. The molecule has 3 unspecified atom stereocenters. The Morgan fingerprint density at radius 3 is 2.81 bits per heavy atom. The van der Waals surface area contributed by atoms with E-state index in [1.807, 2.05) is 0 Å². The number of fused-ring (bicyclic) bond motifs is 1. The van der Waals surface area contributed by atoms with Gasteiger partial charge in [0.05, 0.1) is 6.17 Å². The molecular formula is C20H25F3N2O2. The number of carbonyl (C=O) groups is 1. The number of nitrogens with one attached hydrogen (secondary N) is 1. The predicted octanol–water partition coefficient (Wildman–Crippen LogP) is 4.18. The second-order valence-corrected chi connectivity index (χ2v) is 7.30. The molecule has 1 heterocycles. The number of alkyl halides is 3. The van der Waals surface area contributed by atoms with E-state index in [9.17, 15) is 18.0 Å². The van der Waals surface area contributed by atoms with Gasteiger partial charge in [0, 0.05) is 13.1 Å². The maximum absolute atomic E-state index is 12.6. The summed E-state index contributed by atoms with van der Waals surface area (Å²) < 4.78 is 40.9. The average molecular weight is 382 g/mol. The summed E-state index contributed by atoms with van der Waals surface area (Å²) in [5.41, 5.74) is 0.477. The first-order valence-corrected chi connectivity index (χ1v) is 9.37. The molecule has 27 heavy (non-hydrogen) atoms. The third kappa shape index (κ3) is 5.25. The number of benzene rings is 1. The molecule has 3 rings (SSSR count). The molecule has 0 radical (unpaired) electrons. The largest absolute Gasteiger partial charge is 0.573 e. The average Bonchev–Trinajstić information content (AvgIpc) is 2.64. The summed E-state index contributed by atoms with van der Waals surface area (Å²) >= 11 is 0. The van der Waals surface area contributed by atoms with Gasteiger partial charge in [0.25, 0.3) is 0 Å². The van der Waals surface area contributed by atoms with Crippen LogP contribution in [-0.4, -0.2) is 36.9 Å². The molecule has 1 aromatic rings. The van der Waals surface area contributed by atoms with Crippen molar-refractivity contribution in [3.63, 3.8) is 0 Å². The van der Waals surface area contributed by atoms with Crippen molar-refractivity contribution in [2.24, 2.45) is 11.8 Å². The topological polar surface area (TPSA) is 41.6 Å². The van der Waals surface area contributed by atoms with Gasteiger partial charge in [0.1, 0.15) is 5.75 Å². The lowest BCUT2D eigenvalue weighted by Gasteiger charge is -2.45. The number of piperidine rings is 1. The van der Waals surface area contributed by atoms with Crippen LogP contribution in [0.2, 0.25) is 0 Å². The van der Waals surface area contributed by atoms with Gasteiger partial charge in [-0.05, 0) is 55.0 Å². The molecule has 2 fully saturated rings. The minimum Gasteiger partial charge on any atom is -0.406 e. The Morgan fingerprint density at radius 2 is 2.04 bits per heavy atom. The molecule has 1 saturated heterocycles. The standard InChI is InChI=1S/C20H25F3N2O2/c1-25(19-17-8-3-2-6-15(17)11-12-24-19)18(26)10-9-14-5-4-7-16(13-14)27-20(21,22)23/h4-5,7,9-10,13,15,17,19,24H,2-3,6,8,11-12H2,1H3. The van der Waals surface area contributed by atoms with E-state index in [1.165, 1.54) is 49.6 Å². The fourth-order valence-corrected chi connectivity index (χ4v) is 4.24. The predicted molar refractivity (Wildman–Crippen MR) is 96.8 cm³/mol. The zero-order valence-electron chi connectivity index (χ0n) is 15.3. The monoisotopic (exact) mass is 382 g/mol. The van der Waals surface area contributed by atoms with Gasteiger partial charge < -0.3 is 9.64 Å². The zero-order valence-corrected chi connectivity index (χ0v) is 15.3. The van der Waals surface area contributed by atoms with Gasteiger partial charge in [-0.3, -0.25) is 10.1 Å².